The standard InChI is InChI=1S/C14H23N3/c1-15-11-14-3-2-9-17(12-14)10-6-13-4-7-16-8-5-13/h4-5,7-8,14-15H,2-3,6,9-12H2,1H3. The summed E-state index contributed by atoms with van der Waals surface area (Å²) in [4.78, 5) is 6.66. The van der Waals surface area contributed by atoms with E-state index in [-0.39, 0.29) is 0 Å². The van der Waals surface area contributed by atoms with Crippen LogP contribution < -0.4 is 5.32 Å². The molecule has 1 atom stereocenters. The number of hydrogen-bond donors (Lipinski definition) is 1. The third-order valence-electron chi connectivity index (χ3n) is 3.56. The lowest BCUT2D eigenvalue weighted by atomic mass is 9.97. The molecule has 1 aliphatic rings. The zero-order valence-corrected chi connectivity index (χ0v) is 10.7. The summed E-state index contributed by atoms with van der Waals surface area (Å²) in [6.45, 7) is 4.87. The first kappa shape index (κ1) is 12.5. The summed E-state index contributed by atoms with van der Waals surface area (Å²) in [5.41, 5.74) is 1.40. The van der Waals surface area contributed by atoms with Gasteiger partial charge in [-0.15, -0.1) is 0 Å². The van der Waals surface area contributed by atoms with Gasteiger partial charge in [0.05, 0.1) is 0 Å². The number of likely N-dealkylation sites (tertiary alicyclic amines) is 1. The molecule has 0 radical (unpaired) electrons. The Morgan fingerprint density at radius 1 is 1.41 bits per heavy atom. The second-order valence-corrected chi connectivity index (χ2v) is 4.97. The Bertz CT molecular complexity index is 311. The molecule has 1 aliphatic heterocycles. The van der Waals surface area contributed by atoms with Gasteiger partial charge in [0.15, 0.2) is 0 Å². The number of nitrogens with one attached hydrogen (secondary N) is 1. The summed E-state index contributed by atoms with van der Waals surface area (Å²) in [6.07, 6.45) is 7.65. The van der Waals surface area contributed by atoms with Crippen LogP contribution in [0.4, 0.5) is 0 Å². The molecule has 0 bridgehead atoms. The van der Waals surface area contributed by atoms with Crippen molar-refractivity contribution in [2.24, 2.45) is 5.92 Å². The van der Waals surface area contributed by atoms with E-state index >= 15 is 0 Å². The Labute approximate surface area is 104 Å². The van der Waals surface area contributed by atoms with Crippen LogP contribution in [-0.2, 0) is 6.42 Å². The molecule has 0 aliphatic carbocycles. The maximum absolute atomic E-state index is 4.05. The van der Waals surface area contributed by atoms with Crippen LogP contribution in [0, 0.1) is 5.92 Å². The fourth-order valence-electron chi connectivity index (χ4n) is 2.65. The minimum atomic E-state index is 0.839. The molecule has 94 valence electrons. The van der Waals surface area contributed by atoms with Gasteiger partial charge in [0.1, 0.15) is 0 Å². The molecule has 17 heavy (non-hydrogen) atoms. The van der Waals surface area contributed by atoms with E-state index in [9.17, 15) is 0 Å². The second kappa shape index (κ2) is 6.72. The van der Waals surface area contributed by atoms with E-state index in [0.717, 1.165) is 18.9 Å². The fourth-order valence-corrected chi connectivity index (χ4v) is 2.65. The number of nitrogens with zero attached hydrogens (tertiary/aromatic N) is 2. The summed E-state index contributed by atoms with van der Waals surface area (Å²) < 4.78 is 0. The first-order valence-electron chi connectivity index (χ1n) is 6.64. The molecule has 3 heteroatoms. The van der Waals surface area contributed by atoms with Crippen molar-refractivity contribution in [2.75, 3.05) is 33.2 Å². The maximum atomic E-state index is 4.05. The van der Waals surface area contributed by atoms with Gasteiger partial charge in [0.2, 0.25) is 0 Å². The lowest BCUT2D eigenvalue weighted by Gasteiger charge is -2.32. The highest BCUT2D eigenvalue weighted by Gasteiger charge is 2.18. The zero-order valence-electron chi connectivity index (χ0n) is 10.7. The molecule has 0 saturated carbocycles. The Morgan fingerprint density at radius 3 is 3.00 bits per heavy atom. The van der Waals surface area contributed by atoms with Crippen molar-refractivity contribution < 1.29 is 0 Å². The van der Waals surface area contributed by atoms with Gasteiger partial charge in [-0.2, -0.15) is 0 Å². The van der Waals surface area contributed by atoms with Gasteiger partial charge < -0.3 is 10.2 Å². The number of rotatable bonds is 5. The predicted molar refractivity (Wildman–Crippen MR) is 71.0 cm³/mol. The Morgan fingerprint density at radius 2 is 2.24 bits per heavy atom. The van der Waals surface area contributed by atoms with E-state index < -0.39 is 0 Å². The second-order valence-electron chi connectivity index (χ2n) is 4.97. The van der Waals surface area contributed by atoms with Gasteiger partial charge in [-0.1, -0.05) is 0 Å². The fraction of sp³-hybridized carbons (Fsp3) is 0.643. The molecule has 1 aromatic rings. The topological polar surface area (TPSA) is 28.2 Å². The summed E-state index contributed by atoms with van der Waals surface area (Å²) in [7, 11) is 2.05. The van der Waals surface area contributed by atoms with Crippen molar-refractivity contribution in [3.63, 3.8) is 0 Å². The highest BCUT2D eigenvalue weighted by molar-refractivity contribution is 5.09. The average Bonchev–Trinajstić information content (AvgIpc) is 2.39. The summed E-state index contributed by atoms with van der Waals surface area (Å²) in [6, 6.07) is 4.24. The van der Waals surface area contributed by atoms with Crippen LogP contribution >= 0.6 is 0 Å². The molecule has 2 heterocycles. The largest absolute Gasteiger partial charge is 0.319 e. The van der Waals surface area contributed by atoms with Gasteiger partial charge in [0, 0.05) is 25.5 Å². The molecule has 1 aromatic heterocycles. The first-order valence-corrected chi connectivity index (χ1v) is 6.64. The molecule has 1 fully saturated rings. The van der Waals surface area contributed by atoms with Gasteiger partial charge in [-0.05, 0) is 63.0 Å². The van der Waals surface area contributed by atoms with Crippen LogP contribution in [0.3, 0.4) is 0 Å². The van der Waals surface area contributed by atoms with E-state index in [0.29, 0.717) is 0 Å². The smallest absolute Gasteiger partial charge is 0.0270 e. The Hall–Kier alpha value is -0.930. The Kier molecular flexibility index (Phi) is 4.95. The molecule has 1 N–H and O–H groups in total. The number of piperidine rings is 1. The van der Waals surface area contributed by atoms with E-state index in [1.807, 2.05) is 12.4 Å². The lowest BCUT2D eigenvalue weighted by molar-refractivity contribution is 0.175. The lowest BCUT2D eigenvalue weighted by Crippen LogP contribution is -2.39. The molecule has 0 aromatic carbocycles. The molecule has 2 rings (SSSR count). The van der Waals surface area contributed by atoms with Crippen molar-refractivity contribution in [3.8, 4) is 0 Å². The highest BCUT2D eigenvalue weighted by atomic mass is 15.1. The van der Waals surface area contributed by atoms with Crippen molar-refractivity contribution in [1.82, 2.24) is 15.2 Å². The van der Waals surface area contributed by atoms with Crippen LogP contribution in [0.25, 0.3) is 0 Å². The van der Waals surface area contributed by atoms with Crippen LogP contribution in [0.2, 0.25) is 0 Å². The molecular formula is C14H23N3. The zero-order chi connectivity index (χ0) is 11.9. The quantitative estimate of drug-likeness (QED) is 0.836. The van der Waals surface area contributed by atoms with E-state index in [4.69, 9.17) is 0 Å². The Balaban J connectivity index is 1.75. The van der Waals surface area contributed by atoms with Gasteiger partial charge in [-0.25, -0.2) is 0 Å². The predicted octanol–water partition coefficient (Wildman–Crippen LogP) is 1.56. The average molecular weight is 233 g/mol. The molecule has 0 amide bonds. The maximum Gasteiger partial charge on any atom is 0.0270 e. The minimum absolute atomic E-state index is 0.839. The van der Waals surface area contributed by atoms with Crippen LogP contribution in [-0.4, -0.2) is 43.1 Å². The molecule has 1 unspecified atom stereocenters. The normalized spacial score (nSPS) is 21.6. The summed E-state index contributed by atoms with van der Waals surface area (Å²) in [5, 5.41) is 3.30. The van der Waals surface area contributed by atoms with Gasteiger partial charge in [-0.3, -0.25) is 4.98 Å². The monoisotopic (exact) mass is 233 g/mol. The van der Waals surface area contributed by atoms with Crippen molar-refractivity contribution in [2.45, 2.75) is 19.3 Å². The van der Waals surface area contributed by atoms with Crippen molar-refractivity contribution >= 4 is 0 Å². The van der Waals surface area contributed by atoms with E-state index in [2.05, 4.69) is 34.4 Å². The van der Waals surface area contributed by atoms with Gasteiger partial charge in [0.25, 0.3) is 0 Å². The first-order chi connectivity index (χ1) is 8.38. The summed E-state index contributed by atoms with van der Waals surface area (Å²) >= 11 is 0. The van der Waals surface area contributed by atoms with Crippen LogP contribution in [0.5, 0.6) is 0 Å². The van der Waals surface area contributed by atoms with Gasteiger partial charge >= 0.3 is 0 Å². The summed E-state index contributed by atoms with van der Waals surface area (Å²) in [5.74, 6) is 0.839. The molecule has 3 nitrogen and oxygen atoms in total. The minimum Gasteiger partial charge on any atom is -0.319 e. The number of aromatic nitrogens is 1. The van der Waals surface area contributed by atoms with Crippen LogP contribution in [0.15, 0.2) is 24.5 Å². The molecule has 1 saturated heterocycles. The number of hydrogen-bond acceptors (Lipinski definition) is 3. The number of pyridine rings is 1. The highest BCUT2D eigenvalue weighted by Crippen LogP contribution is 2.15. The SMILES string of the molecule is CNCC1CCCN(CCc2ccncc2)C1. The molecule has 0 spiro atoms. The van der Waals surface area contributed by atoms with E-state index in [1.165, 1.54) is 38.0 Å². The van der Waals surface area contributed by atoms with Crippen LogP contribution in [0.1, 0.15) is 18.4 Å². The molecular weight excluding hydrogens is 210 g/mol. The third kappa shape index (κ3) is 4.10. The van der Waals surface area contributed by atoms with Crippen molar-refractivity contribution in [3.05, 3.63) is 30.1 Å². The third-order valence-corrected chi connectivity index (χ3v) is 3.56. The van der Waals surface area contributed by atoms with Crippen molar-refractivity contribution in [1.29, 1.82) is 0 Å². The van der Waals surface area contributed by atoms with E-state index in [1.54, 1.807) is 0 Å².